The van der Waals surface area contributed by atoms with Gasteiger partial charge in [0.25, 0.3) is 6.01 Å². The standard InChI is InChI=1S/C35H35ClF2N6O5/c1-19-17-42-14-12-24(19)44-25-8-5-4-7-23(25)39-34(44)48-21-16-26(32(46)47)43(18-21)31-30-29(22-11-10-20(36)15-27(22)49-30)40-33(41-31)35(37,38)13-6-2-3-9-28(42)45/h4-5,7-8,10-11,15,19,21,24,26H,2-3,6,9,12-14,16-18H2,1H3,(H,46,47)/t19-,21-,24-,26-/m0/s1. The Hall–Kier alpha value is -4.52. The zero-order valence-corrected chi connectivity index (χ0v) is 27.6. The van der Waals surface area contributed by atoms with E-state index in [2.05, 4.69) is 21.5 Å². The summed E-state index contributed by atoms with van der Waals surface area (Å²) in [7, 11) is 0. The number of carboxylic acid groups (broad SMARTS) is 1. The number of anilines is 1. The molecule has 1 amide bonds. The smallest absolute Gasteiger partial charge is 0.326 e. The van der Waals surface area contributed by atoms with Gasteiger partial charge in [0, 0.05) is 54.9 Å². The van der Waals surface area contributed by atoms with Crippen molar-refractivity contribution in [1.29, 1.82) is 0 Å². The van der Waals surface area contributed by atoms with E-state index in [4.69, 9.17) is 25.7 Å². The van der Waals surface area contributed by atoms with Crippen LogP contribution in [0.1, 0.15) is 63.7 Å². The Morgan fingerprint density at radius 2 is 1.92 bits per heavy atom. The van der Waals surface area contributed by atoms with Crippen LogP contribution in [0, 0.1) is 5.92 Å². The molecule has 1 N–H and O–H groups in total. The van der Waals surface area contributed by atoms with Gasteiger partial charge in [-0.3, -0.25) is 9.36 Å². The summed E-state index contributed by atoms with van der Waals surface area (Å²) in [5.41, 5.74) is 2.18. The summed E-state index contributed by atoms with van der Waals surface area (Å²) in [6.45, 7) is 3.24. The SMILES string of the molecule is C[C@H]1CN2CC[C@@H]1n1c(nc3ccccc31)O[C@H]1C[C@@H](C(=O)O)N(C1)c1nc(nc3c1oc1cc(Cl)ccc13)C(F)(F)CCCCCC2=O. The predicted octanol–water partition coefficient (Wildman–Crippen LogP) is 6.96. The van der Waals surface area contributed by atoms with Crippen molar-refractivity contribution in [3.05, 3.63) is 53.3 Å². The van der Waals surface area contributed by atoms with E-state index in [9.17, 15) is 14.7 Å². The highest BCUT2D eigenvalue weighted by Crippen LogP contribution is 2.42. The van der Waals surface area contributed by atoms with E-state index in [0.29, 0.717) is 54.4 Å². The van der Waals surface area contributed by atoms with Gasteiger partial charge in [0.05, 0.1) is 17.6 Å². The lowest BCUT2D eigenvalue weighted by Crippen LogP contribution is -2.43. The average Bonchev–Trinajstić information content (AvgIpc) is 3.76. The monoisotopic (exact) mass is 692 g/mol. The lowest BCUT2D eigenvalue weighted by Gasteiger charge is -2.38. The number of hydrogen-bond acceptors (Lipinski definition) is 8. The van der Waals surface area contributed by atoms with Gasteiger partial charge >= 0.3 is 11.9 Å². The van der Waals surface area contributed by atoms with Gasteiger partial charge in [0.15, 0.2) is 11.4 Å². The van der Waals surface area contributed by atoms with Crippen molar-refractivity contribution in [3.8, 4) is 6.01 Å². The van der Waals surface area contributed by atoms with Crippen molar-refractivity contribution in [3.63, 3.8) is 0 Å². The van der Waals surface area contributed by atoms with Gasteiger partial charge in [-0.1, -0.05) is 37.1 Å². The molecule has 7 heterocycles. The normalized spacial score (nSPS) is 24.8. The lowest BCUT2D eigenvalue weighted by molar-refractivity contribution is -0.138. The number of furan rings is 1. The Labute approximate surface area is 284 Å². The molecule has 14 heteroatoms. The molecule has 11 nitrogen and oxygen atoms in total. The molecule has 9 rings (SSSR count). The first kappa shape index (κ1) is 31.7. The molecule has 2 saturated heterocycles. The topological polar surface area (TPSA) is 127 Å². The molecule has 0 spiro atoms. The van der Waals surface area contributed by atoms with Gasteiger partial charge in [-0.15, -0.1) is 0 Å². The lowest BCUT2D eigenvalue weighted by atomic mass is 9.93. The Kier molecular flexibility index (Phi) is 7.84. The zero-order chi connectivity index (χ0) is 34.0. The number of fused-ring (bicyclic) bond motifs is 12. The number of piperidine rings is 1. The zero-order valence-electron chi connectivity index (χ0n) is 26.8. The highest BCUT2D eigenvalue weighted by atomic mass is 35.5. The third kappa shape index (κ3) is 5.61. The molecule has 4 aliphatic heterocycles. The van der Waals surface area contributed by atoms with Crippen LogP contribution in [0.4, 0.5) is 14.6 Å². The molecule has 5 aromatic rings. The van der Waals surface area contributed by atoms with Gasteiger partial charge in [-0.25, -0.2) is 14.8 Å². The second-order valence-electron chi connectivity index (χ2n) is 13.5. The molecule has 4 aliphatic rings. The molecule has 256 valence electrons. The minimum atomic E-state index is -3.43. The number of hydrogen-bond donors (Lipinski definition) is 1. The Morgan fingerprint density at radius 1 is 1.08 bits per heavy atom. The molecule has 3 aromatic heterocycles. The van der Waals surface area contributed by atoms with E-state index in [1.165, 1.54) is 4.90 Å². The first-order valence-corrected chi connectivity index (χ1v) is 17.1. The highest BCUT2D eigenvalue weighted by Gasteiger charge is 2.44. The van der Waals surface area contributed by atoms with Crippen molar-refractivity contribution in [2.24, 2.45) is 5.92 Å². The summed E-state index contributed by atoms with van der Waals surface area (Å²) in [6, 6.07) is 11.7. The van der Waals surface area contributed by atoms with Crippen LogP contribution in [0.15, 0.2) is 46.9 Å². The van der Waals surface area contributed by atoms with E-state index in [0.717, 1.165) is 11.0 Å². The first-order chi connectivity index (χ1) is 23.6. The van der Waals surface area contributed by atoms with E-state index in [1.54, 1.807) is 18.2 Å². The van der Waals surface area contributed by atoms with Crippen LogP contribution in [0.5, 0.6) is 6.01 Å². The fourth-order valence-electron chi connectivity index (χ4n) is 7.70. The van der Waals surface area contributed by atoms with Gasteiger partial charge < -0.3 is 24.1 Å². The predicted molar refractivity (Wildman–Crippen MR) is 178 cm³/mol. The van der Waals surface area contributed by atoms with Gasteiger partial charge in [0.2, 0.25) is 11.7 Å². The minimum Gasteiger partial charge on any atom is -0.480 e. The number of imidazole rings is 1. The molecule has 0 saturated carbocycles. The summed E-state index contributed by atoms with van der Waals surface area (Å²) < 4.78 is 46.7. The van der Waals surface area contributed by atoms with E-state index in [1.807, 2.05) is 29.2 Å². The second kappa shape index (κ2) is 12.1. The molecule has 4 atom stereocenters. The summed E-state index contributed by atoms with van der Waals surface area (Å²) in [4.78, 5) is 42.8. The van der Waals surface area contributed by atoms with Crippen molar-refractivity contribution in [2.75, 3.05) is 24.5 Å². The van der Waals surface area contributed by atoms with Crippen LogP contribution in [-0.4, -0.2) is 73.2 Å². The first-order valence-electron chi connectivity index (χ1n) is 16.8. The van der Waals surface area contributed by atoms with Crippen molar-refractivity contribution < 1.29 is 32.6 Å². The number of nitrogens with zero attached hydrogens (tertiary/aromatic N) is 6. The van der Waals surface area contributed by atoms with Crippen LogP contribution in [0.2, 0.25) is 5.02 Å². The Morgan fingerprint density at radius 3 is 2.73 bits per heavy atom. The summed E-state index contributed by atoms with van der Waals surface area (Å²) in [6.07, 6.45) is 0.895. The molecule has 0 unspecified atom stereocenters. The number of amides is 1. The largest absolute Gasteiger partial charge is 0.480 e. The Bertz CT molecular complexity index is 2100. The number of rotatable bonds is 1. The van der Waals surface area contributed by atoms with E-state index < -0.39 is 36.3 Å². The number of ether oxygens (including phenoxy) is 1. The highest BCUT2D eigenvalue weighted by molar-refractivity contribution is 6.31. The number of alkyl halides is 2. The van der Waals surface area contributed by atoms with Gasteiger partial charge in [-0.05, 0) is 49.4 Å². The summed E-state index contributed by atoms with van der Waals surface area (Å²) in [5.74, 6) is -5.24. The molecule has 2 fully saturated rings. The van der Waals surface area contributed by atoms with Crippen LogP contribution in [-0.2, 0) is 15.5 Å². The number of carboxylic acids is 1. The maximum Gasteiger partial charge on any atom is 0.326 e. The molecule has 6 bridgehead atoms. The van der Waals surface area contributed by atoms with E-state index in [-0.39, 0.29) is 60.6 Å². The third-order valence-corrected chi connectivity index (χ3v) is 10.4. The van der Waals surface area contributed by atoms with Crippen molar-refractivity contribution >= 4 is 62.4 Å². The fraction of sp³-hybridized carbons (Fsp3) is 0.457. The maximum absolute atomic E-state index is 15.9. The van der Waals surface area contributed by atoms with Gasteiger partial charge in [0.1, 0.15) is 23.2 Å². The minimum absolute atomic E-state index is 0.0153. The third-order valence-electron chi connectivity index (χ3n) is 10.2. The average molecular weight is 693 g/mol. The molecule has 49 heavy (non-hydrogen) atoms. The number of para-hydroxylation sites is 2. The van der Waals surface area contributed by atoms with Crippen LogP contribution in [0.25, 0.3) is 33.1 Å². The van der Waals surface area contributed by atoms with Crippen molar-refractivity contribution in [1.82, 2.24) is 24.4 Å². The van der Waals surface area contributed by atoms with Crippen LogP contribution >= 0.6 is 11.6 Å². The van der Waals surface area contributed by atoms with Crippen LogP contribution in [0.3, 0.4) is 0 Å². The number of aliphatic carboxylic acids is 1. The number of carbonyl (C=O) groups is 2. The molecule has 0 aliphatic carbocycles. The second-order valence-corrected chi connectivity index (χ2v) is 13.9. The van der Waals surface area contributed by atoms with Crippen molar-refractivity contribution in [2.45, 2.75) is 76.0 Å². The quantitative estimate of drug-likeness (QED) is 0.198. The molecular formula is C35H35ClF2N6O5. The maximum atomic E-state index is 15.9. The molecule has 2 aromatic carbocycles. The number of halogens is 3. The van der Waals surface area contributed by atoms with Crippen LogP contribution < -0.4 is 9.64 Å². The number of carbonyl (C=O) groups excluding carboxylic acids is 1. The molecule has 0 radical (unpaired) electrons. The number of aromatic nitrogens is 4. The fourth-order valence-corrected chi connectivity index (χ4v) is 7.86. The summed E-state index contributed by atoms with van der Waals surface area (Å²) >= 11 is 6.23. The molecular weight excluding hydrogens is 658 g/mol. The van der Waals surface area contributed by atoms with Gasteiger partial charge in [-0.2, -0.15) is 13.8 Å². The van der Waals surface area contributed by atoms with E-state index >= 15 is 8.78 Å². The Balaban J connectivity index is 1.26. The summed E-state index contributed by atoms with van der Waals surface area (Å²) in [5, 5.41) is 11.3. The number of benzene rings is 2.